The lowest BCUT2D eigenvalue weighted by Gasteiger charge is -2.26. The monoisotopic (exact) mass is 330 g/mol. The van der Waals surface area contributed by atoms with Crippen molar-refractivity contribution >= 4 is 28.8 Å². The summed E-state index contributed by atoms with van der Waals surface area (Å²) in [5.74, 6) is 0. The van der Waals surface area contributed by atoms with Crippen LogP contribution in [-0.4, -0.2) is 49.8 Å². The number of nitro groups is 1. The van der Waals surface area contributed by atoms with Crippen LogP contribution in [0.5, 0.6) is 0 Å². The molecule has 0 saturated heterocycles. The Morgan fingerprint density at radius 1 is 1.26 bits per heavy atom. The molecular weight excluding hydrogens is 312 g/mol. The molecule has 120 valence electrons. The van der Waals surface area contributed by atoms with Crippen LogP contribution in [0, 0.1) is 10.1 Å². The van der Waals surface area contributed by atoms with E-state index in [9.17, 15) is 10.1 Å². The Labute approximate surface area is 139 Å². The number of aliphatic imine (C=N–C) groups is 1. The van der Waals surface area contributed by atoms with Crippen molar-refractivity contribution in [2.45, 2.75) is 10.9 Å². The van der Waals surface area contributed by atoms with Crippen molar-refractivity contribution in [1.82, 2.24) is 4.90 Å². The predicted molar refractivity (Wildman–Crippen MR) is 94.4 cm³/mol. The summed E-state index contributed by atoms with van der Waals surface area (Å²) in [6, 6.07) is 5.64. The van der Waals surface area contributed by atoms with Gasteiger partial charge in [0, 0.05) is 24.7 Å². The summed E-state index contributed by atoms with van der Waals surface area (Å²) in [5.41, 5.74) is 2.77. The number of nitrogens with zero attached hydrogens (tertiary/aromatic N) is 4. The lowest BCUT2D eigenvalue weighted by atomic mass is 10.0. The van der Waals surface area contributed by atoms with E-state index in [0.717, 1.165) is 16.3 Å². The summed E-state index contributed by atoms with van der Waals surface area (Å²) < 4.78 is 0. The average Bonchev–Trinajstić information content (AvgIpc) is 2.50. The zero-order valence-electron chi connectivity index (χ0n) is 13.5. The highest BCUT2D eigenvalue weighted by Gasteiger charge is 2.36. The second-order valence-electron chi connectivity index (χ2n) is 5.88. The first-order valence-electron chi connectivity index (χ1n) is 7.20. The van der Waals surface area contributed by atoms with Crippen LogP contribution in [-0.2, 0) is 0 Å². The highest BCUT2D eigenvalue weighted by molar-refractivity contribution is 8.04. The van der Waals surface area contributed by atoms with E-state index >= 15 is 0 Å². The number of likely N-dealkylation sites (N-methyl/N-ethyl adjacent to an activating group) is 1. The summed E-state index contributed by atoms with van der Waals surface area (Å²) in [5, 5.41) is 11.6. The smallest absolute Gasteiger partial charge is 0.283 e. The van der Waals surface area contributed by atoms with Gasteiger partial charge in [-0.2, -0.15) is 0 Å². The molecule has 0 spiro atoms. The van der Waals surface area contributed by atoms with E-state index in [0.29, 0.717) is 10.6 Å². The maximum absolute atomic E-state index is 11.6. The van der Waals surface area contributed by atoms with Crippen molar-refractivity contribution < 1.29 is 4.92 Å². The number of thioether (sulfide) groups is 1. The SMILES string of the molecule is CN(C)c1ccc2c(c1)SC1=C([N+](=O)[O-])C(N(C)C)C=CC1=N2. The zero-order chi connectivity index (χ0) is 16.7. The topological polar surface area (TPSA) is 62.0 Å². The molecule has 1 aromatic carbocycles. The number of hydrogen-bond donors (Lipinski definition) is 0. The molecule has 3 rings (SSSR count). The number of benzene rings is 1. The fraction of sp³-hybridized carbons (Fsp3) is 0.312. The van der Waals surface area contributed by atoms with E-state index in [2.05, 4.69) is 4.99 Å². The van der Waals surface area contributed by atoms with Crippen molar-refractivity contribution in [1.29, 1.82) is 0 Å². The normalized spacial score (nSPS) is 19.3. The fourth-order valence-electron chi connectivity index (χ4n) is 2.61. The van der Waals surface area contributed by atoms with Gasteiger partial charge in [0.25, 0.3) is 5.70 Å². The van der Waals surface area contributed by atoms with Gasteiger partial charge < -0.3 is 4.90 Å². The Hall–Kier alpha value is -2.12. The molecule has 1 heterocycles. The molecule has 0 bridgehead atoms. The van der Waals surface area contributed by atoms with Crippen LogP contribution in [0.15, 0.2) is 50.8 Å². The Morgan fingerprint density at radius 2 is 2.00 bits per heavy atom. The maximum atomic E-state index is 11.6. The van der Waals surface area contributed by atoms with E-state index in [1.165, 1.54) is 11.8 Å². The molecule has 0 saturated carbocycles. The predicted octanol–water partition coefficient (Wildman–Crippen LogP) is 2.92. The first-order valence-corrected chi connectivity index (χ1v) is 8.01. The zero-order valence-corrected chi connectivity index (χ0v) is 14.3. The van der Waals surface area contributed by atoms with Gasteiger partial charge in [-0.3, -0.25) is 15.0 Å². The van der Waals surface area contributed by atoms with Crippen LogP contribution in [0.4, 0.5) is 11.4 Å². The fourth-order valence-corrected chi connectivity index (χ4v) is 3.75. The Morgan fingerprint density at radius 3 is 2.61 bits per heavy atom. The van der Waals surface area contributed by atoms with Gasteiger partial charge >= 0.3 is 0 Å². The van der Waals surface area contributed by atoms with Gasteiger partial charge in [0.1, 0.15) is 10.9 Å². The largest absolute Gasteiger partial charge is 0.378 e. The summed E-state index contributed by atoms with van der Waals surface area (Å²) in [6.07, 6.45) is 3.71. The molecule has 6 nitrogen and oxygen atoms in total. The standard InChI is InChI=1S/C16H18N4O2S/c1-18(2)10-5-6-11-14(9-10)23-16-12(17-11)7-8-13(19(3)4)15(16)20(21)22/h5-9,13H,1-4H3. The molecule has 1 aromatic rings. The Bertz CT molecular complexity index is 765. The molecule has 1 atom stereocenters. The van der Waals surface area contributed by atoms with Gasteiger partial charge in [0.05, 0.1) is 16.3 Å². The van der Waals surface area contributed by atoms with Gasteiger partial charge in [-0.05, 0) is 38.4 Å². The summed E-state index contributed by atoms with van der Waals surface area (Å²) >= 11 is 1.43. The van der Waals surface area contributed by atoms with Gasteiger partial charge in [0.2, 0.25) is 0 Å². The van der Waals surface area contributed by atoms with Crippen molar-refractivity contribution in [3.8, 4) is 0 Å². The lowest BCUT2D eigenvalue weighted by Crippen LogP contribution is -2.35. The van der Waals surface area contributed by atoms with Crippen LogP contribution < -0.4 is 4.90 Å². The quantitative estimate of drug-likeness (QED) is 0.630. The molecule has 1 aliphatic heterocycles. The maximum Gasteiger partial charge on any atom is 0.283 e. The van der Waals surface area contributed by atoms with Gasteiger partial charge in [-0.25, -0.2) is 4.99 Å². The summed E-state index contributed by atoms with van der Waals surface area (Å²) in [7, 11) is 7.62. The molecule has 0 fully saturated rings. The van der Waals surface area contributed by atoms with E-state index in [-0.39, 0.29) is 16.7 Å². The first kappa shape index (κ1) is 15.8. The molecule has 23 heavy (non-hydrogen) atoms. The second-order valence-corrected chi connectivity index (χ2v) is 6.94. The summed E-state index contributed by atoms with van der Waals surface area (Å²) in [6.45, 7) is 0. The second kappa shape index (κ2) is 5.82. The third kappa shape index (κ3) is 2.77. The molecule has 0 amide bonds. The van der Waals surface area contributed by atoms with Crippen LogP contribution in [0.1, 0.15) is 0 Å². The number of hydrogen-bond acceptors (Lipinski definition) is 6. The van der Waals surface area contributed by atoms with Crippen LogP contribution in [0.25, 0.3) is 0 Å². The minimum absolute atomic E-state index is 0.196. The molecular formula is C16H18N4O2S. The van der Waals surface area contributed by atoms with Crippen molar-refractivity contribution in [2.24, 2.45) is 4.99 Å². The Kier molecular flexibility index (Phi) is 3.99. The summed E-state index contributed by atoms with van der Waals surface area (Å²) in [4.78, 5) is 21.4. The molecule has 1 aliphatic carbocycles. The highest BCUT2D eigenvalue weighted by atomic mass is 32.2. The lowest BCUT2D eigenvalue weighted by molar-refractivity contribution is -0.431. The van der Waals surface area contributed by atoms with E-state index in [1.54, 1.807) is 0 Å². The molecule has 0 aromatic heterocycles. The minimum atomic E-state index is -0.343. The molecule has 2 aliphatic rings. The third-order valence-electron chi connectivity index (χ3n) is 3.85. The minimum Gasteiger partial charge on any atom is -0.378 e. The van der Waals surface area contributed by atoms with Crippen molar-refractivity contribution in [3.05, 3.63) is 51.1 Å². The Balaban J connectivity index is 2.13. The van der Waals surface area contributed by atoms with Crippen molar-refractivity contribution in [3.63, 3.8) is 0 Å². The number of fused-ring (bicyclic) bond motifs is 2. The van der Waals surface area contributed by atoms with E-state index in [1.807, 2.05) is 68.3 Å². The van der Waals surface area contributed by atoms with Crippen LogP contribution in [0.3, 0.4) is 0 Å². The molecule has 1 unspecified atom stereocenters. The number of rotatable bonds is 3. The van der Waals surface area contributed by atoms with Gasteiger partial charge in [0.15, 0.2) is 0 Å². The average molecular weight is 330 g/mol. The van der Waals surface area contributed by atoms with Gasteiger partial charge in [-0.15, -0.1) is 0 Å². The van der Waals surface area contributed by atoms with E-state index in [4.69, 9.17) is 0 Å². The molecule has 0 N–H and O–H groups in total. The third-order valence-corrected chi connectivity index (χ3v) is 5.02. The molecule has 7 heteroatoms. The van der Waals surface area contributed by atoms with Crippen molar-refractivity contribution in [2.75, 3.05) is 33.1 Å². The van der Waals surface area contributed by atoms with Crippen LogP contribution in [0.2, 0.25) is 0 Å². The molecule has 0 radical (unpaired) electrons. The van der Waals surface area contributed by atoms with E-state index < -0.39 is 0 Å². The first-order chi connectivity index (χ1) is 10.9. The van der Waals surface area contributed by atoms with Gasteiger partial charge in [-0.1, -0.05) is 17.8 Å². The highest BCUT2D eigenvalue weighted by Crippen LogP contribution is 2.45. The number of anilines is 1. The van der Waals surface area contributed by atoms with Crippen LogP contribution >= 0.6 is 11.8 Å². The number of allylic oxidation sites excluding steroid dienone is 2.